The maximum atomic E-state index is 12.4. The Hall–Kier alpha value is -2.02. The van der Waals surface area contributed by atoms with Gasteiger partial charge in [0.05, 0.1) is 13.2 Å². The van der Waals surface area contributed by atoms with E-state index >= 15 is 0 Å². The predicted molar refractivity (Wildman–Crippen MR) is 99.7 cm³/mol. The number of amides is 1. The normalized spacial score (nSPS) is 18.5. The summed E-state index contributed by atoms with van der Waals surface area (Å²) in [7, 11) is -0.992. The predicted octanol–water partition coefficient (Wildman–Crippen LogP) is 2.06. The van der Waals surface area contributed by atoms with E-state index in [1.807, 2.05) is 54.6 Å². The minimum absolute atomic E-state index is 0.109. The second-order valence-corrected chi connectivity index (χ2v) is 7.44. The first-order chi connectivity index (χ1) is 12.2. The highest BCUT2D eigenvalue weighted by molar-refractivity contribution is 7.83. The molecule has 1 aliphatic rings. The van der Waals surface area contributed by atoms with Crippen molar-refractivity contribution in [3.8, 4) is 0 Å². The molecule has 25 heavy (non-hydrogen) atoms. The zero-order valence-corrected chi connectivity index (χ0v) is 14.8. The Morgan fingerprint density at radius 1 is 1.12 bits per heavy atom. The van der Waals surface area contributed by atoms with Gasteiger partial charge in [-0.1, -0.05) is 42.5 Å². The van der Waals surface area contributed by atoms with E-state index in [9.17, 15) is 9.00 Å². The van der Waals surface area contributed by atoms with Crippen molar-refractivity contribution in [2.24, 2.45) is 0 Å². The SMILES string of the molecule is O=C(Nc1cccc(CS(=O)Cc2ccccc2)c1)C1COCCN1. The van der Waals surface area contributed by atoms with Crippen molar-refractivity contribution in [2.45, 2.75) is 17.5 Å². The molecule has 1 fully saturated rings. The molecule has 3 rings (SSSR count). The van der Waals surface area contributed by atoms with Crippen LogP contribution in [0.4, 0.5) is 5.69 Å². The van der Waals surface area contributed by atoms with Crippen molar-refractivity contribution in [1.29, 1.82) is 0 Å². The molecule has 0 bridgehead atoms. The first kappa shape index (κ1) is 17.8. The van der Waals surface area contributed by atoms with E-state index in [0.29, 0.717) is 37.0 Å². The number of carbonyl (C=O) groups is 1. The quantitative estimate of drug-likeness (QED) is 0.829. The van der Waals surface area contributed by atoms with Gasteiger partial charge in [0.2, 0.25) is 5.91 Å². The lowest BCUT2D eigenvalue weighted by molar-refractivity contribution is -0.120. The highest BCUT2D eigenvalue weighted by atomic mass is 32.2. The Labute approximate surface area is 150 Å². The average Bonchev–Trinajstić information content (AvgIpc) is 2.63. The number of morpholine rings is 1. The molecule has 0 spiro atoms. The summed E-state index contributed by atoms with van der Waals surface area (Å²) in [6.07, 6.45) is 0. The molecule has 1 heterocycles. The average molecular weight is 358 g/mol. The van der Waals surface area contributed by atoms with E-state index in [4.69, 9.17) is 4.74 Å². The van der Waals surface area contributed by atoms with E-state index in [1.54, 1.807) is 0 Å². The second kappa shape index (κ2) is 8.89. The minimum Gasteiger partial charge on any atom is -0.378 e. The number of rotatable bonds is 6. The third kappa shape index (κ3) is 5.49. The van der Waals surface area contributed by atoms with Crippen LogP contribution < -0.4 is 10.6 Å². The third-order valence-electron chi connectivity index (χ3n) is 3.93. The zero-order chi connectivity index (χ0) is 17.5. The molecule has 2 atom stereocenters. The standard InChI is InChI=1S/C19H22N2O3S/c22-19(18-12-24-10-9-20-18)21-17-8-4-7-16(11-17)14-25(23)13-15-5-2-1-3-6-15/h1-8,11,18,20H,9-10,12-14H2,(H,21,22). The molecule has 2 N–H and O–H groups in total. The number of carbonyl (C=O) groups excluding carboxylic acids is 1. The molecular weight excluding hydrogens is 336 g/mol. The van der Waals surface area contributed by atoms with Crippen molar-refractivity contribution in [3.63, 3.8) is 0 Å². The Bertz CT molecular complexity index is 730. The van der Waals surface area contributed by atoms with Crippen LogP contribution >= 0.6 is 0 Å². The summed E-state index contributed by atoms with van der Waals surface area (Å²) in [6, 6.07) is 17.0. The lowest BCUT2D eigenvalue weighted by Crippen LogP contribution is -2.48. The van der Waals surface area contributed by atoms with Crippen molar-refractivity contribution in [3.05, 3.63) is 65.7 Å². The van der Waals surface area contributed by atoms with Gasteiger partial charge in [-0.3, -0.25) is 9.00 Å². The summed E-state index contributed by atoms with van der Waals surface area (Å²) in [5, 5.41) is 6.02. The van der Waals surface area contributed by atoms with E-state index in [0.717, 1.165) is 11.1 Å². The number of benzene rings is 2. The number of hydrogen-bond acceptors (Lipinski definition) is 4. The van der Waals surface area contributed by atoms with Crippen molar-refractivity contribution in [1.82, 2.24) is 5.32 Å². The molecule has 1 saturated heterocycles. The monoisotopic (exact) mass is 358 g/mol. The van der Waals surface area contributed by atoms with Crippen LogP contribution in [0.2, 0.25) is 0 Å². The Morgan fingerprint density at radius 2 is 1.88 bits per heavy atom. The van der Waals surface area contributed by atoms with Gasteiger partial charge in [-0.05, 0) is 23.3 Å². The summed E-state index contributed by atoms with van der Waals surface area (Å²) < 4.78 is 17.7. The van der Waals surface area contributed by atoms with Gasteiger partial charge in [0.25, 0.3) is 0 Å². The fourth-order valence-electron chi connectivity index (χ4n) is 2.70. The first-order valence-corrected chi connectivity index (χ1v) is 9.79. The fraction of sp³-hybridized carbons (Fsp3) is 0.316. The van der Waals surface area contributed by atoms with Gasteiger partial charge in [0, 0.05) is 34.5 Å². The molecule has 2 aromatic carbocycles. The van der Waals surface area contributed by atoms with Crippen LogP contribution in [-0.2, 0) is 31.8 Å². The van der Waals surface area contributed by atoms with Crippen LogP contribution in [-0.4, -0.2) is 35.9 Å². The third-order valence-corrected chi connectivity index (χ3v) is 5.24. The van der Waals surface area contributed by atoms with Crippen LogP contribution in [0.25, 0.3) is 0 Å². The van der Waals surface area contributed by atoms with E-state index in [-0.39, 0.29) is 11.9 Å². The molecule has 2 unspecified atom stereocenters. The summed E-state index contributed by atoms with van der Waals surface area (Å²) in [6.45, 7) is 1.69. The summed E-state index contributed by atoms with van der Waals surface area (Å²) in [5.41, 5.74) is 2.72. The number of hydrogen-bond donors (Lipinski definition) is 2. The van der Waals surface area contributed by atoms with Gasteiger partial charge in [-0.2, -0.15) is 0 Å². The molecule has 1 amide bonds. The van der Waals surface area contributed by atoms with Crippen molar-refractivity contribution >= 4 is 22.4 Å². The van der Waals surface area contributed by atoms with Gasteiger partial charge >= 0.3 is 0 Å². The molecule has 5 nitrogen and oxygen atoms in total. The smallest absolute Gasteiger partial charge is 0.243 e. The minimum atomic E-state index is -0.992. The van der Waals surface area contributed by atoms with E-state index < -0.39 is 10.8 Å². The topological polar surface area (TPSA) is 67.4 Å². The molecule has 1 aliphatic heterocycles. The lowest BCUT2D eigenvalue weighted by Gasteiger charge is -2.23. The van der Waals surface area contributed by atoms with Crippen LogP contribution in [0.1, 0.15) is 11.1 Å². The molecule has 0 radical (unpaired) electrons. The molecule has 0 saturated carbocycles. The molecule has 132 valence electrons. The van der Waals surface area contributed by atoms with Crippen LogP contribution in [0.3, 0.4) is 0 Å². The molecule has 0 aliphatic carbocycles. The van der Waals surface area contributed by atoms with Gasteiger partial charge < -0.3 is 15.4 Å². The molecule has 2 aromatic rings. The van der Waals surface area contributed by atoms with Crippen LogP contribution in [0, 0.1) is 0 Å². The van der Waals surface area contributed by atoms with Gasteiger partial charge in [-0.25, -0.2) is 0 Å². The summed E-state index contributed by atoms with van der Waals surface area (Å²) in [5.74, 6) is 0.881. The van der Waals surface area contributed by atoms with Crippen LogP contribution in [0.15, 0.2) is 54.6 Å². The summed E-state index contributed by atoms with van der Waals surface area (Å²) >= 11 is 0. The Balaban J connectivity index is 1.57. The van der Waals surface area contributed by atoms with Crippen molar-refractivity contribution in [2.75, 3.05) is 25.1 Å². The highest BCUT2D eigenvalue weighted by Gasteiger charge is 2.21. The molecule has 0 aromatic heterocycles. The Kier molecular flexibility index (Phi) is 6.33. The maximum Gasteiger partial charge on any atom is 0.243 e. The Morgan fingerprint density at radius 3 is 2.64 bits per heavy atom. The largest absolute Gasteiger partial charge is 0.378 e. The lowest BCUT2D eigenvalue weighted by atomic mass is 10.2. The highest BCUT2D eigenvalue weighted by Crippen LogP contribution is 2.15. The van der Waals surface area contributed by atoms with Gasteiger partial charge in [-0.15, -0.1) is 0 Å². The molecule has 6 heteroatoms. The van der Waals surface area contributed by atoms with E-state index in [1.165, 1.54) is 0 Å². The van der Waals surface area contributed by atoms with Crippen molar-refractivity contribution < 1.29 is 13.7 Å². The van der Waals surface area contributed by atoms with Gasteiger partial charge in [0.15, 0.2) is 0 Å². The maximum absolute atomic E-state index is 12.4. The number of nitrogens with one attached hydrogen (secondary N) is 2. The zero-order valence-electron chi connectivity index (χ0n) is 13.9. The van der Waals surface area contributed by atoms with Gasteiger partial charge in [0.1, 0.15) is 6.04 Å². The number of ether oxygens (including phenoxy) is 1. The second-order valence-electron chi connectivity index (χ2n) is 5.99. The summed E-state index contributed by atoms with van der Waals surface area (Å²) in [4.78, 5) is 12.2. The van der Waals surface area contributed by atoms with E-state index in [2.05, 4.69) is 10.6 Å². The molecular formula is C19H22N2O3S. The van der Waals surface area contributed by atoms with Crippen LogP contribution in [0.5, 0.6) is 0 Å². The fourth-order valence-corrected chi connectivity index (χ4v) is 3.92. The first-order valence-electron chi connectivity index (χ1n) is 8.30. The number of anilines is 1.